The number of carbonyl (C=O) groups excluding carboxylic acids is 2. The lowest BCUT2D eigenvalue weighted by molar-refractivity contribution is 0.112. The van der Waals surface area contributed by atoms with Crippen LogP contribution in [0.15, 0.2) is 121 Å². The van der Waals surface area contributed by atoms with Gasteiger partial charge in [0, 0.05) is 49.1 Å². The van der Waals surface area contributed by atoms with Crippen molar-refractivity contribution in [3.05, 3.63) is 138 Å². The van der Waals surface area contributed by atoms with Gasteiger partial charge in [0.15, 0.2) is 0 Å². The predicted octanol–water partition coefficient (Wildman–Crippen LogP) is 12.8. The molecule has 7 aromatic rings. The van der Waals surface area contributed by atoms with E-state index in [0.717, 1.165) is 75.1 Å². The molecule has 0 saturated carbocycles. The van der Waals surface area contributed by atoms with Crippen LogP contribution in [0.1, 0.15) is 71.7 Å². The third kappa shape index (κ3) is 7.60. The van der Waals surface area contributed by atoms with Crippen LogP contribution in [-0.4, -0.2) is 21.3 Å². The number of unbranched alkanes of at least 4 members (excludes halogenated alkanes) is 5. The van der Waals surface area contributed by atoms with Crippen molar-refractivity contribution < 1.29 is 9.59 Å². The highest BCUT2D eigenvalue weighted by molar-refractivity contribution is 7.19. The topological polar surface area (TPSA) is 63.2 Å². The molecule has 254 valence electrons. The molecule has 0 aliphatic rings. The third-order valence-electron chi connectivity index (χ3n) is 9.27. The molecule has 7 rings (SSSR count). The van der Waals surface area contributed by atoms with Crippen molar-refractivity contribution in [2.75, 3.05) is 4.90 Å². The molecule has 0 aliphatic carbocycles. The fourth-order valence-electron chi connectivity index (χ4n) is 6.72. The van der Waals surface area contributed by atoms with Crippen LogP contribution in [0.3, 0.4) is 0 Å². The molecular weight excluding hydrogens is 667 g/mol. The summed E-state index contributed by atoms with van der Waals surface area (Å²) in [6, 6.07) is 41.6. The van der Waals surface area contributed by atoms with E-state index in [1.165, 1.54) is 59.8 Å². The molecular formula is C44H39N3O2S2. The van der Waals surface area contributed by atoms with E-state index in [-0.39, 0.29) is 0 Å². The first-order valence-corrected chi connectivity index (χ1v) is 19.2. The summed E-state index contributed by atoms with van der Waals surface area (Å²) in [4.78, 5) is 28.0. The van der Waals surface area contributed by atoms with Gasteiger partial charge in [-0.15, -0.1) is 11.3 Å². The van der Waals surface area contributed by atoms with Crippen LogP contribution in [0.5, 0.6) is 0 Å². The van der Waals surface area contributed by atoms with Crippen molar-refractivity contribution in [2.45, 2.75) is 51.9 Å². The highest BCUT2D eigenvalue weighted by Gasteiger charge is 2.19. The number of carbonyl (C=O) groups is 2. The number of aromatic nitrogens is 2. The quantitative estimate of drug-likeness (QED) is 0.0785. The molecule has 2 aromatic heterocycles. The summed E-state index contributed by atoms with van der Waals surface area (Å²) < 4.78 is 9.46. The van der Waals surface area contributed by atoms with Crippen LogP contribution in [0.4, 0.5) is 17.1 Å². The first kappa shape index (κ1) is 34.2. The number of hydrogen-bond acceptors (Lipinski definition) is 7. The van der Waals surface area contributed by atoms with Crippen molar-refractivity contribution in [2.24, 2.45) is 0 Å². The van der Waals surface area contributed by atoms with E-state index in [4.69, 9.17) is 8.75 Å². The molecule has 0 unspecified atom stereocenters. The predicted molar refractivity (Wildman–Crippen MR) is 214 cm³/mol. The van der Waals surface area contributed by atoms with E-state index in [1.807, 2.05) is 29.5 Å². The fraction of sp³-hybridized carbons (Fsp3) is 0.182. The molecule has 5 aromatic carbocycles. The van der Waals surface area contributed by atoms with Gasteiger partial charge in [-0.1, -0.05) is 99.7 Å². The second-order valence-corrected chi connectivity index (χ2v) is 14.4. The van der Waals surface area contributed by atoms with E-state index < -0.39 is 0 Å². The third-order valence-corrected chi connectivity index (χ3v) is 11.1. The Morgan fingerprint density at radius 1 is 0.588 bits per heavy atom. The highest BCUT2D eigenvalue weighted by Crippen LogP contribution is 2.44. The summed E-state index contributed by atoms with van der Waals surface area (Å²) in [5, 5.41) is 0. The zero-order chi connectivity index (χ0) is 35.0. The molecule has 0 bridgehead atoms. The molecule has 7 heteroatoms. The number of fused-ring (bicyclic) bond motifs is 1. The second-order valence-electron chi connectivity index (χ2n) is 12.8. The molecule has 0 saturated heterocycles. The summed E-state index contributed by atoms with van der Waals surface area (Å²) in [5.74, 6) is 0. The molecule has 0 spiro atoms. The lowest BCUT2D eigenvalue weighted by atomic mass is 9.97. The normalized spacial score (nSPS) is 11.2. The summed E-state index contributed by atoms with van der Waals surface area (Å²) in [6.45, 7) is 2.26. The Kier molecular flexibility index (Phi) is 10.9. The smallest absolute Gasteiger partial charge is 0.150 e. The molecule has 5 nitrogen and oxygen atoms in total. The summed E-state index contributed by atoms with van der Waals surface area (Å²) in [5.41, 5.74) is 11.1. The number of aryl methyl sites for hydroxylation is 1. The minimum Gasteiger partial charge on any atom is -0.311 e. The summed E-state index contributed by atoms with van der Waals surface area (Å²) >= 11 is 2.99. The number of rotatable bonds is 15. The van der Waals surface area contributed by atoms with Crippen molar-refractivity contribution in [3.63, 3.8) is 0 Å². The average molecular weight is 706 g/mol. The maximum atomic E-state index is 11.6. The van der Waals surface area contributed by atoms with Gasteiger partial charge >= 0.3 is 0 Å². The van der Waals surface area contributed by atoms with E-state index >= 15 is 0 Å². The molecule has 51 heavy (non-hydrogen) atoms. The van der Waals surface area contributed by atoms with Gasteiger partial charge in [-0.05, 0) is 90.2 Å². The number of para-hydroxylation sites is 2. The Balaban J connectivity index is 1.26. The fourth-order valence-corrected chi connectivity index (χ4v) is 8.53. The van der Waals surface area contributed by atoms with Crippen LogP contribution >= 0.6 is 23.1 Å². The van der Waals surface area contributed by atoms with Crippen LogP contribution < -0.4 is 4.90 Å². The lowest BCUT2D eigenvalue weighted by Gasteiger charge is -2.25. The maximum Gasteiger partial charge on any atom is 0.150 e. The van der Waals surface area contributed by atoms with Crippen LogP contribution in [0.25, 0.3) is 43.0 Å². The lowest BCUT2D eigenvalue weighted by Crippen LogP contribution is -2.09. The van der Waals surface area contributed by atoms with Crippen molar-refractivity contribution in [1.82, 2.24) is 8.75 Å². The van der Waals surface area contributed by atoms with Gasteiger partial charge in [-0.3, -0.25) is 9.59 Å². The van der Waals surface area contributed by atoms with Crippen molar-refractivity contribution in [1.29, 1.82) is 0 Å². The average Bonchev–Trinajstić information content (AvgIpc) is 3.85. The van der Waals surface area contributed by atoms with Gasteiger partial charge in [-0.25, -0.2) is 0 Å². The van der Waals surface area contributed by atoms with Gasteiger partial charge in [0.1, 0.15) is 23.6 Å². The second kappa shape index (κ2) is 16.2. The molecule has 0 atom stereocenters. The molecule has 0 aliphatic heterocycles. The Labute approximate surface area is 307 Å². The first-order chi connectivity index (χ1) is 25.2. The van der Waals surface area contributed by atoms with Crippen LogP contribution in [0, 0.1) is 0 Å². The van der Waals surface area contributed by atoms with Gasteiger partial charge < -0.3 is 4.90 Å². The monoisotopic (exact) mass is 705 g/mol. The summed E-state index contributed by atoms with van der Waals surface area (Å²) in [6.07, 6.45) is 10.1. The first-order valence-electron chi connectivity index (χ1n) is 17.6. The van der Waals surface area contributed by atoms with E-state index in [1.54, 1.807) is 18.2 Å². The molecule has 0 fully saturated rings. The number of benzene rings is 5. The number of anilines is 3. The summed E-state index contributed by atoms with van der Waals surface area (Å²) in [7, 11) is 0. The van der Waals surface area contributed by atoms with Gasteiger partial charge in [-0.2, -0.15) is 8.75 Å². The van der Waals surface area contributed by atoms with Crippen LogP contribution in [0.2, 0.25) is 0 Å². The Hall–Kier alpha value is -5.24. The molecule has 2 heterocycles. The van der Waals surface area contributed by atoms with E-state index in [2.05, 4.69) is 96.8 Å². The molecule has 0 N–H and O–H groups in total. The van der Waals surface area contributed by atoms with Gasteiger partial charge in [0.2, 0.25) is 0 Å². The number of thiophene rings is 1. The Morgan fingerprint density at radius 2 is 1.16 bits per heavy atom. The molecule has 0 amide bonds. The van der Waals surface area contributed by atoms with Crippen LogP contribution in [-0.2, 0) is 6.42 Å². The zero-order valence-electron chi connectivity index (χ0n) is 28.6. The van der Waals surface area contributed by atoms with Crippen molar-refractivity contribution >= 4 is 63.7 Å². The largest absolute Gasteiger partial charge is 0.311 e. The van der Waals surface area contributed by atoms with Crippen molar-refractivity contribution in [3.8, 4) is 32.0 Å². The number of aldehydes is 2. The van der Waals surface area contributed by atoms with Gasteiger partial charge in [0.05, 0.1) is 11.7 Å². The standard InChI is InChI=1S/C44H39N3O2S2/c1-2-3-4-5-6-9-14-34-28-41(40-24-23-39(42-43(40)46-51-45-42)35-26-31(29-48)25-32(27-35)30-49)50-44(34)33-19-21-38(22-20-33)47(36-15-10-7-11-16-36)37-17-12-8-13-18-37/h7-8,10-13,15-30H,2-6,9,14H2,1H3. The number of nitrogens with zero attached hydrogens (tertiary/aromatic N) is 3. The Bertz CT molecular complexity index is 2180. The maximum absolute atomic E-state index is 11.6. The Morgan fingerprint density at radius 3 is 1.78 bits per heavy atom. The minimum atomic E-state index is 0.457. The minimum absolute atomic E-state index is 0.457. The van der Waals surface area contributed by atoms with E-state index in [0.29, 0.717) is 11.1 Å². The number of hydrogen-bond donors (Lipinski definition) is 0. The van der Waals surface area contributed by atoms with E-state index in [9.17, 15) is 9.59 Å². The highest BCUT2D eigenvalue weighted by atomic mass is 32.1. The zero-order valence-corrected chi connectivity index (χ0v) is 30.3. The molecule has 0 radical (unpaired) electrons. The SMILES string of the molecule is CCCCCCCCc1cc(-c2ccc(-c3cc(C=O)cc(C=O)c3)c3nsnc23)sc1-c1ccc(N(c2ccccc2)c2ccccc2)cc1. The van der Waals surface area contributed by atoms with Gasteiger partial charge in [0.25, 0.3) is 0 Å².